The fourth-order valence-corrected chi connectivity index (χ4v) is 2.82. The summed E-state index contributed by atoms with van der Waals surface area (Å²) in [6.07, 6.45) is 5.90. The molecule has 1 aliphatic heterocycles. The number of carbonyl (C=O) groups is 1. The molecule has 1 aromatic heterocycles. The zero-order valence-corrected chi connectivity index (χ0v) is 11.8. The van der Waals surface area contributed by atoms with Gasteiger partial charge in [-0.25, -0.2) is 4.79 Å². The maximum absolute atomic E-state index is 12.1. The standard InChI is InChI=1S/C16H19NO3/c1-10-8-12-14(15(19)17-10)11(9-13(18)20-12)4-3-5-16(2)6-7-16/h9H,1,3-8H2,2H3,(H,17,19). The van der Waals surface area contributed by atoms with Crippen molar-refractivity contribution >= 4 is 5.91 Å². The quantitative estimate of drug-likeness (QED) is 0.917. The number of allylic oxidation sites excluding steroid dienone is 1. The van der Waals surface area contributed by atoms with Crippen LogP contribution in [-0.4, -0.2) is 5.91 Å². The van der Waals surface area contributed by atoms with Gasteiger partial charge in [0, 0.05) is 18.2 Å². The maximum atomic E-state index is 12.1. The minimum Gasteiger partial charge on any atom is -0.427 e. The molecular weight excluding hydrogens is 254 g/mol. The Balaban J connectivity index is 1.84. The average Bonchev–Trinajstić information content (AvgIpc) is 3.05. The van der Waals surface area contributed by atoms with Crippen LogP contribution in [-0.2, 0) is 12.8 Å². The predicted molar refractivity (Wildman–Crippen MR) is 75.6 cm³/mol. The lowest BCUT2D eigenvalue weighted by molar-refractivity contribution is 0.0952. The van der Waals surface area contributed by atoms with Crippen LogP contribution in [0.15, 0.2) is 27.6 Å². The third-order valence-electron chi connectivity index (χ3n) is 4.34. The van der Waals surface area contributed by atoms with Crippen molar-refractivity contribution in [2.45, 2.75) is 45.4 Å². The van der Waals surface area contributed by atoms with Crippen molar-refractivity contribution in [1.82, 2.24) is 5.32 Å². The minimum atomic E-state index is -0.376. The lowest BCUT2D eigenvalue weighted by atomic mass is 9.94. The molecule has 1 aromatic rings. The van der Waals surface area contributed by atoms with E-state index in [0.29, 0.717) is 28.9 Å². The van der Waals surface area contributed by atoms with E-state index in [1.54, 1.807) is 0 Å². The first-order valence-electron chi connectivity index (χ1n) is 7.12. The van der Waals surface area contributed by atoms with Crippen LogP contribution in [0.3, 0.4) is 0 Å². The molecule has 1 aliphatic carbocycles. The second-order valence-electron chi connectivity index (χ2n) is 6.29. The normalized spacial score (nSPS) is 19.4. The summed E-state index contributed by atoms with van der Waals surface area (Å²) in [5.41, 5.74) is 2.05. The summed E-state index contributed by atoms with van der Waals surface area (Å²) < 4.78 is 5.16. The van der Waals surface area contributed by atoms with Crippen molar-refractivity contribution in [2.75, 3.05) is 0 Å². The summed E-state index contributed by atoms with van der Waals surface area (Å²) in [6, 6.07) is 1.46. The molecule has 0 unspecified atom stereocenters. The van der Waals surface area contributed by atoms with Crippen molar-refractivity contribution < 1.29 is 9.21 Å². The van der Waals surface area contributed by atoms with Gasteiger partial charge in [-0.3, -0.25) is 4.79 Å². The zero-order chi connectivity index (χ0) is 14.3. The molecule has 0 radical (unpaired) electrons. The smallest absolute Gasteiger partial charge is 0.336 e. The van der Waals surface area contributed by atoms with Crippen molar-refractivity contribution in [3.8, 4) is 0 Å². The highest BCUT2D eigenvalue weighted by molar-refractivity contribution is 5.98. The van der Waals surface area contributed by atoms with Gasteiger partial charge in [-0.15, -0.1) is 0 Å². The molecule has 4 nitrogen and oxygen atoms in total. The second kappa shape index (κ2) is 4.62. The molecule has 0 atom stereocenters. The topological polar surface area (TPSA) is 59.3 Å². The fraction of sp³-hybridized carbons (Fsp3) is 0.500. The van der Waals surface area contributed by atoms with Gasteiger partial charge in [0.2, 0.25) is 0 Å². The number of aryl methyl sites for hydroxylation is 1. The van der Waals surface area contributed by atoms with Gasteiger partial charge in [-0.2, -0.15) is 0 Å². The van der Waals surface area contributed by atoms with Gasteiger partial charge >= 0.3 is 5.63 Å². The third kappa shape index (κ3) is 2.55. The van der Waals surface area contributed by atoms with Crippen LogP contribution in [0.2, 0.25) is 0 Å². The number of carbonyl (C=O) groups excluding carboxylic acids is 1. The molecule has 1 N–H and O–H groups in total. The van der Waals surface area contributed by atoms with E-state index < -0.39 is 0 Å². The summed E-state index contributed by atoms with van der Waals surface area (Å²) in [6.45, 7) is 6.02. The van der Waals surface area contributed by atoms with E-state index in [9.17, 15) is 9.59 Å². The predicted octanol–water partition coefficient (Wildman–Crippen LogP) is 2.56. The van der Waals surface area contributed by atoms with E-state index in [1.165, 1.54) is 18.9 Å². The van der Waals surface area contributed by atoms with Crippen LogP contribution in [0, 0.1) is 5.41 Å². The average molecular weight is 273 g/mol. The van der Waals surface area contributed by atoms with Crippen LogP contribution >= 0.6 is 0 Å². The van der Waals surface area contributed by atoms with Crippen LogP contribution in [0.5, 0.6) is 0 Å². The summed E-state index contributed by atoms with van der Waals surface area (Å²) in [7, 11) is 0. The van der Waals surface area contributed by atoms with Crippen LogP contribution < -0.4 is 10.9 Å². The van der Waals surface area contributed by atoms with E-state index in [-0.39, 0.29) is 11.5 Å². The molecule has 2 heterocycles. The number of nitrogens with one attached hydrogen (secondary N) is 1. The van der Waals surface area contributed by atoms with Crippen molar-refractivity contribution in [3.05, 3.63) is 45.6 Å². The van der Waals surface area contributed by atoms with Gasteiger partial charge in [0.25, 0.3) is 5.91 Å². The highest BCUT2D eigenvalue weighted by Crippen LogP contribution is 2.49. The number of rotatable bonds is 4. The van der Waals surface area contributed by atoms with Crippen molar-refractivity contribution in [2.24, 2.45) is 5.41 Å². The number of fused-ring (bicyclic) bond motifs is 1. The van der Waals surface area contributed by atoms with Gasteiger partial charge in [-0.05, 0) is 43.1 Å². The lowest BCUT2D eigenvalue weighted by Crippen LogP contribution is -2.32. The SMILES string of the molecule is C=C1Cc2oc(=O)cc(CCCC3(C)CC3)c2C(=O)N1. The van der Waals surface area contributed by atoms with Crippen molar-refractivity contribution in [3.63, 3.8) is 0 Å². The monoisotopic (exact) mass is 273 g/mol. The molecule has 106 valence electrons. The molecule has 0 aromatic carbocycles. The number of hydrogen-bond donors (Lipinski definition) is 1. The molecule has 1 amide bonds. The Labute approximate surface area is 117 Å². The molecule has 0 saturated heterocycles. The first kappa shape index (κ1) is 13.2. The first-order chi connectivity index (χ1) is 9.47. The first-order valence-corrected chi connectivity index (χ1v) is 7.12. The van der Waals surface area contributed by atoms with E-state index in [4.69, 9.17) is 4.42 Å². The third-order valence-corrected chi connectivity index (χ3v) is 4.34. The molecule has 20 heavy (non-hydrogen) atoms. The summed E-state index contributed by atoms with van der Waals surface area (Å²) in [5, 5.41) is 2.72. The molecule has 0 bridgehead atoms. The second-order valence-corrected chi connectivity index (χ2v) is 6.29. The highest BCUT2D eigenvalue weighted by atomic mass is 16.4. The van der Waals surface area contributed by atoms with E-state index in [2.05, 4.69) is 18.8 Å². The number of hydrogen-bond acceptors (Lipinski definition) is 3. The van der Waals surface area contributed by atoms with Crippen LogP contribution in [0.1, 0.15) is 54.3 Å². The minimum absolute atomic E-state index is 0.201. The Morgan fingerprint density at radius 3 is 2.85 bits per heavy atom. The molecule has 0 spiro atoms. The molecule has 3 rings (SSSR count). The van der Waals surface area contributed by atoms with Gasteiger partial charge in [0.15, 0.2) is 0 Å². The summed E-state index contributed by atoms with van der Waals surface area (Å²) >= 11 is 0. The highest BCUT2D eigenvalue weighted by Gasteiger charge is 2.36. The Morgan fingerprint density at radius 2 is 2.15 bits per heavy atom. The Kier molecular flexibility index (Phi) is 3.04. The van der Waals surface area contributed by atoms with Crippen LogP contribution in [0.4, 0.5) is 0 Å². The number of amides is 1. The largest absolute Gasteiger partial charge is 0.427 e. The molecule has 1 saturated carbocycles. The summed E-state index contributed by atoms with van der Waals surface area (Å²) in [4.78, 5) is 23.7. The van der Waals surface area contributed by atoms with Gasteiger partial charge in [0.05, 0.1) is 5.56 Å². The van der Waals surface area contributed by atoms with Gasteiger partial charge in [-0.1, -0.05) is 13.5 Å². The molecule has 2 aliphatic rings. The fourth-order valence-electron chi connectivity index (χ4n) is 2.82. The van der Waals surface area contributed by atoms with Crippen LogP contribution in [0.25, 0.3) is 0 Å². The van der Waals surface area contributed by atoms with E-state index >= 15 is 0 Å². The maximum Gasteiger partial charge on any atom is 0.336 e. The van der Waals surface area contributed by atoms with Gasteiger partial charge in [0.1, 0.15) is 5.76 Å². The summed E-state index contributed by atoms with van der Waals surface area (Å²) in [5.74, 6) is 0.256. The van der Waals surface area contributed by atoms with E-state index in [0.717, 1.165) is 24.8 Å². The Hall–Kier alpha value is -1.84. The lowest BCUT2D eigenvalue weighted by Gasteiger charge is -2.19. The van der Waals surface area contributed by atoms with Gasteiger partial charge < -0.3 is 9.73 Å². The molecule has 4 heteroatoms. The molecular formula is C16H19NO3. The van der Waals surface area contributed by atoms with E-state index in [1.807, 2.05) is 0 Å². The molecule has 1 fully saturated rings. The van der Waals surface area contributed by atoms with Crippen molar-refractivity contribution in [1.29, 1.82) is 0 Å². The Bertz CT molecular complexity index is 638. The zero-order valence-electron chi connectivity index (χ0n) is 11.8. The Morgan fingerprint density at radius 1 is 1.40 bits per heavy atom.